The number of nitrogens with zero attached hydrogens (tertiary/aromatic N) is 3. The number of hydrogen-bond donors (Lipinski definition) is 0. The van der Waals surface area contributed by atoms with Crippen LogP contribution in [-0.4, -0.2) is 65.4 Å². The fourth-order valence-corrected chi connectivity index (χ4v) is 5.67. The molecule has 4 heterocycles. The summed E-state index contributed by atoms with van der Waals surface area (Å²) in [6.45, 7) is 8.83. The van der Waals surface area contributed by atoms with Gasteiger partial charge in [0, 0.05) is 54.4 Å². The molecule has 0 radical (unpaired) electrons. The Morgan fingerprint density at radius 3 is 2.67 bits per heavy atom. The van der Waals surface area contributed by atoms with E-state index in [1.54, 1.807) is 0 Å². The van der Waals surface area contributed by atoms with Gasteiger partial charge >= 0.3 is 0 Å². The first-order valence-electron chi connectivity index (χ1n) is 9.52. The minimum absolute atomic E-state index is 0.393. The molecule has 0 aromatic carbocycles. The van der Waals surface area contributed by atoms with Crippen LogP contribution in [-0.2, 0) is 11.3 Å². The van der Waals surface area contributed by atoms with Crippen molar-refractivity contribution in [2.75, 3.05) is 32.7 Å². The molecule has 2 atom stereocenters. The predicted octanol–water partition coefficient (Wildman–Crippen LogP) is 2.72. The molecular weight excluding hydrogens is 318 g/mol. The molecule has 0 spiro atoms. The van der Waals surface area contributed by atoms with Gasteiger partial charge in [0.25, 0.3) is 0 Å². The Morgan fingerprint density at radius 2 is 1.92 bits per heavy atom. The Morgan fingerprint density at radius 1 is 1.08 bits per heavy atom. The van der Waals surface area contributed by atoms with E-state index < -0.39 is 0 Å². The first kappa shape index (κ1) is 16.6. The number of hydrogen-bond acceptors (Lipinski definition) is 4. The van der Waals surface area contributed by atoms with Gasteiger partial charge in [-0.15, -0.1) is 11.3 Å². The molecule has 3 aliphatic heterocycles. The van der Waals surface area contributed by atoms with E-state index in [9.17, 15) is 4.79 Å². The van der Waals surface area contributed by atoms with Crippen molar-refractivity contribution in [2.24, 2.45) is 0 Å². The fraction of sp³-hybridized carbons (Fsp3) is 0.737. The van der Waals surface area contributed by atoms with Gasteiger partial charge in [-0.1, -0.05) is 0 Å². The Balaban J connectivity index is 1.38. The van der Waals surface area contributed by atoms with E-state index in [1.165, 1.54) is 35.7 Å². The fourth-order valence-electron chi connectivity index (χ4n) is 4.75. The van der Waals surface area contributed by atoms with Gasteiger partial charge in [-0.3, -0.25) is 9.69 Å². The van der Waals surface area contributed by atoms with Gasteiger partial charge < -0.3 is 9.80 Å². The van der Waals surface area contributed by atoms with Crippen LogP contribution in [0.25, 0.3) is 0 Å². The third-order valence-corrected chi connectivity index (χ3v) is 7.00. The Bertz CT molecular complexity index is 581. The van der Waals surface area contributed by atoms with Crippen LogP contribution in [0.4, 0.5) is 0 Å². The maximum absolute atomic E-state index is 12.5. The zero-order chi connectivity index (χ0) is 16.5. The van der Waals surface area contributed by atoms with Crippen molar-refractivity contribution in [3.8, 4) is 0 Å². The molecule has 24 heavy (non-hydrogen) atoms. The van der Waals surface area contributed by atoms with Crippen LogP contribution in [0.5, 0.6) is 0 Å². The largest absolute Gasteiger partial charge is 0.337 e. The predicted molar refractivity (Wildman–Crippen MR) is 98.3 cm³/mol. The monoisotopic (exact) mass is 347 g/mol. The highest BCUT2D eigenvalue weighted by atomic mass is 32.1. The first-order chi connectivity index (χ1) is 11.7. The normalized spacial score (nSPS) is 28.7. The molecule has 1 aromatic rings. The summed E-state index contributed by atoms with van der Waals surface area (Å²) in [7, 11) is 0. The number of carbonyl (C=O) groups is 1. The van der Waals surface area contributed by atoms with Gasteiger partial charge in [0.15, 0.2) is 0 Å². The lowest BCUT2D eigenvalue weighted by atomic mass is 9.96. The lowest BCUT2D eigenvalue weighted by molar-refractivity contribution is -0.137. The molecule has 5 heteroatoms. The molecule has 0 aliphatic carbocycles. The number of fused-ring (bicyclic) bond motifs is 1. The van der Waals surface area contributed by atoms with Crippen LogP contribution < -0.4 is 0 Å². The summed E-state index contributed by atoms with van der Waals surface area (Å²) >= 11 is 1.91. The smallest absolute Gasteiger partial charge is 0.222 e. The van der Waals surface area contributed by atoms with Crippen LogP contribution >= 0.6 is 11.3 Å². The second-order valence-electron chi connectivity index (χ2n) is 7.58. The summed E-state index contributed by atoms with van der Waals surface area (Å²) in [5.41, 5.74) is 0. The van der Waals surface area contributed by atoms with E-state index >= 15 is 0 Å². The van der Waals surface area contributed by atoms with Crippen molar-refractivity contribution in [3.05, 3.63) is 21.9 Å². The van der Waals surface area contributed by atoms with Gasteiger partial charge in [-0.2, -0.15) is 0 Å². The van der Waals surface area contributed by atoms with Gasteiger partial charge in [-0.25, -0.2) is 0 Å². The van der Waals surface area contributed by atoms with Crippen molar-refractivity contribution >= 4 is 17.2 Å². The molecule has 0 saturated carbocycles. The molecule has 4 rings (SSSR count). The van der Waals surface area contributed by atoms with E-state index in [-0.39, 0.29) is 0 Å². The molecule has 1 amide bonds. The van der Waals surface area contributed by atoms with Crippen LogP contribution in [0.3, 0.4) is 0 Å². The van der Waals surface area contributed by atoms with Gasteiger partial charge in [0.05, 0.1) is 0 Å². The molecule has 3 aliphatic rings. The second kappa shape index (κ2) is 7.14. The molecule has 0 N–H and O–H groups in total. The summed E-state index contributed by atoms with van der Waals surface area (Å²) in [6, 6.07) is 5.52. The van der Waals surface area contributed by atoms with E-state index in [4.69, 9.17) is 0 Å². The maximum Gasteiger partial charge on any atom is 0.222 e. The molecule has 4 nitrogen and oxygen atoms in total. The molecular formula is C19H29N3OS. The van der Waals surface area contributed by atoms with Gasteiger partial charge in [-0.05, 0) is 57.8 Å². The standard InChI is InChI=1S/C19H29N3OS/c1-15-4-5-16(24-15)14-21-11-8-18-17(21)6-7-19(23)22(18)13-12-20-9-2-3-10-20/h4-5,17-18H,2-3,6-14H2,1H3. The summed E-state index contributed by atoms with van der Waals surface area (Å²) < 4.78 is 0. The van der Waals surface area contributed by atoms with Crippen molar-refractivity contribution in [1.29, 1.82) is 0 Å². The van der Waals surface area contributed by atoms with Crippen LogP contribution in [0.15, 0.2) is 12.1 Å². The Kier molecular flexibility index (Phi) is 4.93. The zero-order valence-electron chi connectivity index (χ0n) is 14.7. The first-order valence-corrected chi connectivity index (χ1v) is 10.3. The quantitative estimate of drug-likeness (QED) is 0.819. The molecule has 3 fully saturated rings. The molecule has 1 aromatic heterocycles. The van der Waals surface area contributed by atoms with E-state index in [0.717, 1.165) is 45.4 Å². The van der Waals surface area contributed by atoms with Crippen LogP contribution in [0, 0.1) is 6.92 Å². The van der Waals surface area contributed by atoms with Crippen molar-refractivity contribution in [3.63, 3.8) is 0 Å². The number of piperidine rings is 1. The lowest BCUT2D eigenvalue weighted by Crippen LogP contribution is -2.53. The van der Waals surface area contributed by atoms with Gasteiger partial charge in [0.1, 0.15) is 0 Å². The van der Waals surface area contributed by atoms with Gasteiger partial charge in [0.2, 0.25) is 5.91 Å². The molecule has 3 saturated heterocycles. The third-order valence-electron chi connectivity index (χ3n) is 6.01. The van der Waals surface area contributed by atoms with Crippen LogP contribution in [0.2, 0.25) is 0 Å². The molecule has 0 bridgehead atoms. The average Bonchev–Trinajstić information content (AvgIpc) is 3.29. The zero-order valence-corrected chi connectivity index (χ0v) is 15.6. The summed E-state index contributed by atoms with van der Waals surface area (Å²) in [6.07, 6.45) is 5.60. The topological polar surface area (TPSA) is 26.8 Å². The Hall–Kier alpha value is -0.910. The molecule has 2 unspecified atom stereocenters. The average molecular weight is 348 g/mol. The van der Waals surface area contributed by atoms with Crippen molar-refractivity contribution < 1.29 is 4.79 Å². The lowest BCUT2D eigenvalue weighted by Gasteiger charge is -2.40. The minimum atomic E-state index is 0.393. The SMILES string of the molecule is Cc1ccc(CN2CCC3C2CCC(=O)N3CCN2CCCC2)s1. The van der Waals surface area contributed by atoms with Crippen molar-refractivity contribution in [1.82, 2.24) is 14.7 Å². The number of amides is 1. The number of likely N-dealkylation sites (tertiary alicyclic amines) is 3. The number of rotatable bonds is 5. The highest BCUT2D eigenvalue weighted by Crippen LogP contribution is 2.33. The Labute approximate surface area is 149 Å². The van der Waals surface area contributed by atoms with E-state index in [0.29, 0.717) is 18.0 Å². The van der Waals surface area contributed by atoms with Crippen LogP contribution in [0.1, 0.15) is 41.9 Å². The number of thiophene rings is 1. The maximum atomic E-state index is 12.5. The summed E-state index contributed by atoms with van der Waals surface area (Å²) in [4.78, 5) is 22.7. The third kappa shape index (κ3) is 3.39. The number of aryl methyl sites for hydroxylation is 1. The molecule has 132 valence electrons. The summed E-state index contributed by atoms with van der Waals surface area (Å²) in [5, 5.41) is 0. The highest BCUT2D eigenvalue weighted by Gasteiger charge is 2.42. The number of carbonyl (C=O) groups excluding carboxylic acids is 1. The minimum Gasteiger partial charge on any atom is -0.337 e. The highest BCUT2D eigenvalue weighted by molar-refractivity contribution is 7.11. The summed E-state index contributed by atoms with van der Waals surface area (Å²) in [5.74, 6) is 0.393. The second-order valence-corrected chi connectivity index (χ2v) is 8.95. The van der Waals surface area contributed by atoms with E-state index in [2.05, 4.69) is 33.8 Å². The van der Waals surface area contributed by atoms with Crippen molar-refractivity contribution in [2.45, 2.75) is 57.7 Å². The van der Waals surface area contributed by atoms with E-state index in [1.807, 2.05) is 11.3 Å².